The van der Waals surface area contributed by atoms with Crippen molar-refractivity contribution in [3.8, 4) is 11.5 Å². The topological polar surface area (TPSA) is 99.3 Å². The van der Waals surface area contributed by atoms with Gasteiger partial charge in [0.05, 0.1) is 5.60 Å². The van der Waals surface area contributed by atoms with Crippen LogP contribution in [0.4, 0.5) is 5.69 Å². The van der Waals surface area contributed by atoms with Crippen molar-refractivity contribution in [2.75, 3.05) is 0 Å². The van der Waals surface area contributed by atoms with Crippen LogP contribution in [0.5, 0.6) is 11.5 Å². The summed E-state index contributed by atoms with van der Waals surface area (Å²) in [4.78, 5) is 8.02. The van der Waals surface area contributed by atoms with E-state index in [0.29, 0.717) is 16.3 Å². The molecule has 0 amide bonds. The van der Waals surface area contributed by atoms with Crippen LogP contribution in [0.15, 0.2) is 47.5 Å². The van der Waals surface area contributed by atoms with Crippen LogP contribution in [0.2, 0.25) is 5.02 Å². The van der Waals surface area contributed by atoms with Gasteiger partial charge in [-0.05, 0) is 45.0 Å². The van der Waals surface area contributed by atoms with Gasteiger partial charge in [0.25, 0.3) is 0 Å². The molecule has 25 heavy (non-hydrogen) atoms. The average molecular weight is 405 g/mol. The second-order valence-electron chi connectivity index (χ2n) is 5.65. The van der Waals surface area contributed by atoms with Gasteiger partial charge in [-0.1, -0.05) is 23.7 Å². The quantitative estimate of drug-likeness (QED) is 0.384. The van der Waals surface area contributed by atoms with Gasteiger partial charge in [-0.2, -0.15) is 0 Å². The summed E-state index contributed by atoms with van der Waals surface area (Å²) >= 11 is 6.77. The van der Waals surface area contributed by atoms with E-state index in [1.807, 2.05) is 0 Å². The standard InChI is InChI=1S/C13H10ClNO2.C4H10O2.O.V/c14-10-5-6-11(13(17)7-10)15-8-9-3-1-2-4-12(9)16;1-4(2,3)6-5;;/h1-8,16-17H;5H,1-3H3;;. The van der Waals surface area contributed by atoms with Crippen LogP contribution >= 0.6 is 11.6 Å². The monoisotopic (exact) mass is 404 g/mol. The number of rotatable bonds is 2. The number of nitrogens with zero attached hydrogens (tertiary/aromatic N) is 1. The molecule has 0 saturated carbocycles. The molecule has 6 nitrogen and oxygen atoms in total. The molecular weight excluding hydrogens is 385 g/mol. The summed E-state index contributed by atoms with van der Waals surface area (Å²) in [7, 11) is 0. The van der Waals surface area contributed by atoms with E-state index in [4.69, 9.17) is 20.5 Å². The third kappa shape index (κ3) is 10.0. The maximum atomic E-state index is 9.58. The number of halogens is 1. The fourth-order valence-corrected chi connectivity index (χ4v) is 1.51. The number of aromatic hydroxyl groups is 2. The Morgan fingerprint density at radius 1 is 1.08 bits per heavy atom. The molecule has 0 aliphatic carbocycles. The molecule has 2 rings (SSSR count). The molecule has 0 heterocycles. The van der Waals surface area contributed by atoms with E-state index >= 15 is 0 Å². The Morgan fingerprint density at radius 2 is 1.64 bits per heavy atom. The summed E-state index contributed by atoms with van der Waals surface area (Å²) in [6, 6.07) is 11.5. The first-order valence-electron chi connectivity index (χ1n) is 7.04. The molecule has 0 fully saturated rings. The molecular formula is C17H20ClNO5V. The second-order valence-corrected chi connectivity index (χ2v) is 6.09. The second kappa shape index (κ2) is 11.8. The molecule has 135 valence electrons. The summed E-state index contributed by atoms with van der Waals surface area (Å²) in [5.41, 5.74) is 0.583. The van der Waals surface area contributed by atoms with Gasteiger partial charge < -0.3 is 10.2 Å². The first-order valence-corrected chi connectivity index (χ1v) is 7.99. The summed E-state index contributed by atoms with van der Waals surface area (Å²) in [5, 5.41) is 27.5. The minimum atomic E-state index is -0.403. The zero-order valence-corrected chi connectivity index (χ0v) is 16.2. The fraction of sp³-hybridized carbons (Fsp3) is 0.235. The number of para-hydroxylation sites is 1. The van der Waals surface area contributed by atoms with Gasteiger partial charge in [-0.3, -0.25) is 10.2 Å². The molecule has 2 aromatic rings. The molecule has 0 aliphatic rings. The molecule has 0 atom stereocenters. The van der Waals surface area contributed by atoms with E-state index in [2.05, 4.69) is 9.88 Å². The summed E-state index contributed by atoms with van der Waals surface area (Å²) in [5.74, 6) is 0.147. The van der Waals surface area contributed by atoms with Crippen LogP contribution in [0, 0.1) is 0 Å². The summed E-state index contributed by atoms with van der Waals surface area (Å²) in [6.07, 6.45) is 1.48. The average Bonchev–Trinajstić information content (AvgIpc) is 2.57. The Hall–Kier alpha value is -1.70. The molecule has 0 aromatic heterocycles. The van der Waals surface area contributed by atoms with Crippen molar-refractivity contribution in [3.05, 3.63) is 53.1 Å². The zero-order valence-electron chi connectivity index (χ0n) is 14.0. The first kappa shape index (κ1) is 23.3. The van der Waals surface area contributed by atoms with Gasteiger partial charge in [0.15, 0.2) is 0 Å². The number of hydrogen-bond acceptors (Lipinski definition) is 6. The van der Waals surface area contributed by atoms with Crippen LogP contribution < -0.4 is 0 Å². The Kier molecular flexibility index (Phi) is 11.0. The minimum absolute atomic E-state index is 0.00386. The van der Waals surface area contributed by atoms with Gasteiger partial charge in [-0.25, -0.2) is 4.89 Å². The van der Waals surface area contributed by atoms with E-state index in [-0.39, 0.29) is 11.5 Å². The van der Waals surface area contributed by atoms with Gasteiger partial charge in [0.2, 0.25) is 0 Å². The number of benzene rings is 2. The molecule has 0 unspecified atom stereocenters. The van der Waals surface area contributed by atoms with E-state index in [9.17, 15) is 10.2 Å². The van der Waals surface area contributed by atoms with Crippen LogP contribution in [-0.2, 0) is 25.9 Å². The van der Waals surface area contributed by atoms with Crippen LogP contribution in [0.25, 0.3) is 0 Å². The van der Waals surface area contributed by atoms with Crippen LogP contribution in [0.3, 0.4) is 0 Å². The zero-order chi connectivity index (χ0) is 19.5. The number of aliphatic imine (C=N–C) groups is 1. The van der Waals surface area contributed by atoms with Crippen molar-refractivity contribution in [1.29, 1.82) is 0 Å². The molecule has 0 aliphatic heterocycles. The molecule has 8 heteroatoms. The van der Waals surface area contributed by atoms with Crippen molar-refractivity contribution in [1.82, 2.24) is 0 Å². The molecule has 0 spiro atoms. The van der Waals surface area contributed by atoms with Crippen molar-refractivity contribution in [3.63, 3.8) is 0 Å². The van der Waals surface area contributed by atoms with Crippen LogP contribution in [-0.4, -0.2) is 27.3 Å². The van der Waals surface area contributed by atoms with E-state index in [1.54, 1.807) is 57.2 Å². The molecule has 0 saturated heterocycles. The Labute approximate surface area is 160 Å². The molecule has 0 radical (unpaired) electrons. The van der Waals surface area contributed by atoms with E-state index < -0.39 is 5.60 Å². The van der Waals surface area contributed by atoms with Gasteiger partial charge in [-0.15, -0.1) is 0 Å². The van der Waals surface area contributed by atoms with Gasteiger partial charge >= 0.3 is 21.0 Å². The van der Waals surface area contributed by atoms with E-state index in [0.717, 1.165) is 17.4 Å². The first-order chi connectivity index (χ1) is 11.7. The van der Waals surface area contributed by atoms with Crippen molar-refractivity contribution >= 4 is 23.5 Å². The van der Waals surface area contributed by atoms with Crippen molar-refractivity contribution in [2.24, 2.45) is 4.99 Å². The number of phenols is 2. The molecule has 2 aromatic carbocycles. The number of phenolic OH excluding ortho intramolecular Hbond substituents is 2. The van der Waals surface area contributed by atoms with Crippen LogP contribution in [0.1, 0.15) is 26.3 Å². The third-order valence-corrected chi connectivity index (χ3v) is 2.73. The Morgan fingerprint density at radius 3 is 2.12 bits per heavy atom. The van der Waals surface area contributed by atoms with Crippen molar-refractivity contribution < 1.29 is 41.4 Å². The summed E-state index contributed by atoms with van der Waals surface area (Å²) < 4.78 is 8.19. The van der Waals surface area contributed by atoms with Gasteiger partial charge in [0.1, 0.15) is 17.2 Å². The fourth-order valence-electron chi connectivity index (χ4n) is 1.34. The predicted molar refractivity (Wildman–Crippen MR) is 92.6 cm³/mol. The van der Waals surface area contributed by atoms with Crippen molar-refractivity contribution in [2.45, 2.75) is 26.4 Å². The molecule has 0 bridgehead atoms. The number of hydrogen-bond donors (Lipinski definition) is 3. The Bertz CT molecular complexity index is 689. The van der Waals surface area contributed by atoms with E-state index in [1.165, 1.54) is 12.3 Å². The van der Waals surface area contributed by atoms with Gasteiger partial charge in [0, 0.05) is 22.9 Å². The maximum absolute atomic E-state index is 9.58. The molecule has 3 N–H and O–H groups in total. The SMILES string of the molecule is CC(C)(C)OO.Oc1ccccc1C=Nc1ccc(Cl)cc1O.[O]=[V]. The third-order valence-electron chi connectivity index (χ3n) is 2.49. The normalized spacial score (nSPS) is 10.4. The Balaban J connectivity index is 0.000000614. The summed E-state index contributed by atoms with van der Waals surface area (Å²) in [6.45, 7) is 5.31. The predicted octanol–water partition coefficient (Wildman–Crippen LogP) is 4.66.